The zero-order chi connectivity index (χ0) is 15.6. The monoisotopic (exact) mass is 356 g/mol. The Morgan fingerprint density at radius 3 is 2.67 bits per heavy atom. The summed E-state index contributed by atoms with van der Waals surface area (Å²) in [6, 6.07) is 1.22. The highest BCUT2D eigenvalue weighted by Gasteiger charge is 2.30. The van der Waals surface area contributed by atoms with Crippen molar-refractivity contribution in [2.75, 3.05) is 13.1 Å². The van der Waals surface area contributed by atoms with Crippen LogP contribution in [0.25, 0.3) is 0 Å². The smallest absolute Gasteiger partial charge is 0.0739 e. The minimum absolute atomic E-state index is 0.589. The Hall–Kier alpha value is -0.390. The Bertz CT molecular complexity index is 469. The second kappa shape index (κ2) is 7.25. The van der Waals surface area contributed by atoms with E-state index in [9.17, 15) is 0 Å². The van der Waals surface area contributed by atoms with Crippen molar-refractivity contribution in [3.05, 3.63) is 15.9 Å². The molecule has 0 aliphatic carbocycles. The van der Waals surface area contributed by atoms with Gasteiger partial charge in [0, 0.05) is 38.8 Å². The zero-order valence-corrected chi connectivity index (χ0v) is 15.6. The predicted octanol–water partition coefficient (Wildman–Crippen LogP) is 3.09. The number of nitrogens with one attached hydrogen (secondary N) is 1. The minimum atomic E-state index is 0.589. The third-order valence-electron chi connectivity index (χ3n) is 4.60. The van der Waals surface area contributed by atoms with Crippen molar-refractivity contribution in [2.45, 2.75) is 59.2 Å². The molecule has 120 valence electrons. The largest absolute Gasteiger partial charge is 0.311 e. The summed E-state index contributed by atoms with van der Waals surface area (Å²) in [5, 5.41) is 8.26. The van der Waals surface area contributed by atoms with E-state index in [1.165, 1.54) is 23.0 Å². The molecule has 1 aliphatic rings. The van der Waals surface area contributed by atoms with Crippen molar-refractivity contribution < 1.29 is 0 Å². The van der Waals surface area contributed by atoms with E-state index in [4.69, 9.17) is 0 Å². The Balaban J connectivity index is 2.15. The topological polar surface area (TPSA) is 33.1 Å². The van der Waals surface area contributed by atoms with Crippen LogP contribution in [0.3, 0.4) is 0 Å². The van der Waals surface area contributed by atoms with Crippen LogP contribution in [-0.4, -0.2) is 39.9 Å². The van der Waals surface area contributed by atoms with E-state index < -0.39 is 0 Å². The third-order valence-corrected chi connectivity index (χ3v) is 5.64. The molecule has 21 heavy (non-hydrogen) atoms. The van der Waals surface area contributed by atoms with Gasteiger partial charge in [0.15, 0.2) is 0 Å². The average molecular weight is 357 g/mol. The molecule has 0 spiro atoms. The van der Waals surface area contributed by atoms with Crippen LogP contribution in [0.2, 0.25) is 0 Å². The lowest BCUT2D eigenvalue weighted by Crippen LogP contribution is -2.57. The van der Waals surface area contributed by atoms with Gasteiger partial charge in [-0.05, 0) is 35.2 Å². The molecule has 1 aromatic rings. The second-order valence-corrected chi connectivity index (χ2v) is 7.39. The van der Waals surface area contributed by atoms with Gasteiger partial charge in [-0.3, -0.25) is 9.58 Å². The molecule has 1 aliphatic heterocycles. The third kappa shape index (κ3) is 3.88. The van der Waals surface area contributed by atoms with Gasteiger partial charge >= 0.3 is 0 Å². The van der Waals surface area contributed by atoms with Crippen LogP contribution in [0.1, 0.15) is 45.0 Å². The summed E-state index contributed by atoms with van der Waals surface area (Å²) in [4.78, 5) is 2.64. The van der Waals surface area contributed by atoms with Crippen LogP contribution in [0.4, 0.5) is 0 Å². The van der Waals surface area contributed by atoms with E-state index >= 15 is 0 Å². The van der Waals surface area contributed by atoms with Crippen LogP contribution >= 0.6 is 15.9 Å². The molecular weight excluding hydrogens is 328 g/mol. The summed E-state index contributed by atoms with van der Waals surface area (Å²) in [7, 11) is 2.05. The number of hydrogen-bond donors (Lipinski definition) is 1. The molecule has 2 atom stereocenters. The highest BCUT2D eigenvalue weighted by atomic mass is 79.9. The van der Waals surface area contributed by atoms with Crippen molar-refractivity contribution in [3.63, 3.8) is 0 Å². The van der Waals surface area contributed by atoms with Crippen LogP contribution in [0, 0.1) is 12.8 Å². The fourth-order valence-corrected chi connectivity index (χ4v) is 3.65. The van der Waals surface area contributed by atoms with Crippen molar-refractivity contribution in [1.82, 2.24) is 20.0 Å². The Labute approximate surface area is 137 Å². The van der Waals surface area contributed by atoms with Crippen LogP contribution < -0.4 is 5.32 Å². The van der Waals surface area contributed by atoms with Crippen LogP contribution in [0.15, 0.2) is 4.47 Å². The molecular formula is C16H29BrN4. The molecule has 2 rings (SSSR count). The lowest BCUT2D eigenvalue weighted by Gasteiger charge is -2.42. The van der Waals surface area contributed by atoms with Crippen molar-refractivity contribution in [2.24, 2.45) is 13.0 Å². The van der Waals surface area contributed by atoms with E-state index in [1.54, 1.807) is 0 Å². The van der Waals surface area contributed by atoms with Gasteiger partial charge in [-0.15, -0.1) is 0 Å². The number of aryl methyl sites for hydroxylation is 2. The van der Waals surface area contributed by atoms with Crippen molar-refractivity contribution in [1.29, 1.82) is 0 Å². The van der Waals surface area contributed by atoms with E-state index in [2.05, 4.69) is 58.9 Å². The quantitative estimate of drug-likeness (QED) is 0.879. The molecule has 1 saturated heterocycles. The predicted molar refractivity (Wildman–Crippen MR) is 91.4 cm³/mol. The van der Waals surface area contributed by atoms with E-state index in [0.29, 0.717) is 18.0 Å². The van der Waals surface area contributed by atoms with Crippen molar-refractivity contribution >= 4 is 15.9 Å². The van der Waals surface area contributed by atoms with Gasteiger partial charge in [-0.25, -0.2) is 0 Å². The van der Waals surface area contributed by atoms with Gasteiger partial charge in [0.2, 0.25) is 0 Å². The minimum Gasteiger partial charge on any atom is -0.311 e. The maximum atomic E-state index is 4.53. The zero-order valence-electron chi connectivity index (χ0n) is 14.0. The molecule has 0 radical (unpaired) electrons. The lowest BCUT2D eigenvalue weighted by molar-refractivity contribution is 0.0970. The number of rotatable bonds is 5. The first-order valence-electron chi connectivity index (χ1n) is 8.09. The van der Waals surface area contributed by atoms with E-state index in [1.807, 2.05) is 11.7 Å². The molecule has 2 heterocycles. The van der Waals surface area contributed by atoms with Crippen LogP contribution in [0.5, 0.6) is 0 Å². The number of aromatic nitrogens is 2. The second-order valence-electron chi connectivity index (χ2n) is 6.60. The van der Waals surface area contributed by atoms with E-state index in [0.717, 1.165) is 25.3 Å². The average Bonchev–Trinajstić information content (AvgIpc) is 2.67. The maximum absolute atomic E-state index is 4.53. The van der Waals surface area contributed by atoms with Crippen LogP contribution in [-0.2, 0) is 13.6 Å². The molecule has 0 saturated carbocycles. The number of hydrogen-bond acceptors (Lipinski definition) is 3. The SMILES string of the molecule is CCCC1CNC(C(C)C)CN1Cc1c(Br)c(C)nn1C. The Kier molecular flexibility index (Phi) is 5.86. The molecule has 4 nitrogen and oxygen atoms in total. The summed E-state index contributed by atoms with van der Waals surface area (Å²) in [5.74, 6) is 0.673. The Morgan fingerprint density at radius 1 is 1.43 bits per heavy atom. The summed E-state index contributed by atoms with van der Waals surface area (Å²) >= 11 is 3.71. The van der Waals surface area contributed by atoms with Gasteiger partial charge in [0.25, 0.3) is 0 Å². The first-order valence-corrected chi connectivity index (χ1v) is 8.88. The van der Waals surface area contributed by atoms with Gasteiger partial charge in [-0.2, -0.15) is 5.10 Å². The summed E-state index contributed by atoms with van der Waals surface area (Å²) in [5.41, 5.74) is 2.37. The molecule has 0 amide bonds. The molecule has 1 aromatic heterocycles. The van der Waals surface area contributed by atoms with Gasteiger partial charge < -0.3 is 5.32 Å². The Morgan fingerprint density at radius 2 is 2.14 bits per heavy atom. The van der Waals surface area contributed by atoms with Crippen molar-refractivity contribution in [3.8, 4) is 0 Å². The molecule has 0 aromatic carbocycles. The first-order chi connectivity index (χ1) is 9.93. The highest BCUT2D eigenvalue weighted by Crippen LogP contribution is 2.25. The fourth-order valence-electron chi connectivity index (χ4n) is 3.19. The molecule has 1 N–H and O–H groups in total. The molecule has 5 heteroatoms. The maximum Gasteiger partial charge on any atom is 0.0739 e. The summed E-state index contributed by atoms with van der Waals surface area (Å²) in [6.45, 7) is 12.2. The lowest BCUT2D eigenvalue weighted by atomic mass is 9.97. The normalized spacial score (nSPS) is 24.0. The number of halogens is 1. The summed E-state index contributed by atoms with van der Waals surface area (Å²) < 4.78 is 3.19. The summed E-state index contributed by atoms with van der Waals surface area (Å²) in [6.07, 6.45) is 2.49. The van der Waals surface area contributed by atoms with Gasteiger partial charge in [0.05, 0.1) is 15.9 Å². The van der Waals surface area contributed by atoms with Gasteiger partial charge in [0.1, 0.15) is 0 Å². The molecule has 0 bridgehead atoms. The van der Waals surface area contributed by atoms with E-state index in [-0.39, 0.29) is 0 Å². The number of nitrogens with zero attached hydrogens (tertiary/aromatic N) is 3. The highest BCUT2D eigenvalue weighted by molar-refractivity contribution is 9.10. The van der Waals surface area contributed by atoms with Gasteiger partial charge in [-0.1, -0.05) is 27.2 Å². The molecule has 1 fully saturated rings. The molecule has 2 unspecified atom stereocenters. The standard InChI is InChI=1S/C16H29BrN4/c1-6-7-13-8-18-14(11(2)3)9-21(13)10-15-16(17)12(4)19-20(15)5/h11,13-14,18H,6-10H2,1-5H3. The fraction of sp³-hybridized carbons (Fsp3) is 0.812. The first kappa shape index (κ1) is 17.0. The number of piperazine rings is 1.